The minimum absolute atomic E-state index is 0.0922. The Kier molecular flexibility index (Phi) is 8.08. The number of aromatic hydroxyl groups is 1. The molecule has 4 amide bonds. The van der Waals surface area contributed by atoms with E-state index in [0.29, 0.717) is 22.1 Å². The summed E-state index contributed by atoms with van der Waals surface area (Å²) in [6, 6.07) is 18.7. The summed E-state index contributed by atoms with van der Waals surface area (Å²) in [5, 5.41) is 36.6. The second-order valence-electron chi connectivity index (χ2n) is 15.4. The Hall–Kier alpha value is -5.08. The Morgan fingerprint density at radius 1 is 0.927 bits per heavy atom. The molecule has 3 aromatic carbocycles. The zero-order valence-electron chi connectivity index (χ0n) is 30.4. The second kappa shape index (κ2) is 12.5. The first kappa shape index (κ1) is 35.6. The molecule has 4 aliphatic rings. The summed E-state index contributed by atoms with van der Waals surface area (Å²) in [6.07, 6.45) is 2.40. The molecular weight excluding hydrogens is 739 g/mol. The number of fused-ring (bicyclic) bond motifs is 5. The average molecular weight is 775 g/mol. The number of aromatic nitrogens is 2. The van der Waals surface area contributed by atoms with Gasteiger partial charge in [-0.1, -0.05) is 47.5 Å². The molecule has 2 saturated heterocycles. The number of benzene rings is 3. The third-order valence-corrected chi connectivity index (χ3v) is 14.0. The molecule has 2 aromatic heterocycles. The lowest BCUT2D eigenvalue weighted by atomic mass is 9.51. The summed E-state index contributed by atoms with van der Waals surface area (Å²) in [7, 11) is -0.0784. The minimum atomic E-state index is -1.79. The third kappa shape index (κ3) is 5.06. The van der Waals surface area contributed by atoms with E-state index in [0.717, 1.165) is 36.6 Å². The van der Waals surface area contributed by atoms with Gasteiger partial charge >= 0.3 is 7.12 Å². The molecule has 9 rings (SSSR count). The second-order valence-corrected chi connectivity index (χ2v) is 16.9. The fraction of sp³-hybridized carbons (Fsp3) is 0.293. The van der Waals surface area contributed by atoms with Gasteiger partial charge in [-0.25, -0.2) is 4.90 Å². The van der Waals surface area contributed by atoms with Crippen molar-refractivity contribution < 1.29 is 34.3 Å². The molecule has 0 bridgehead atoms. The van der Waals surface area contributed by atoms with E-state index in [2.05, 4.69) is 0 Å². The maximum atomic E-state index is 15.1. The van der Waals surface area contributed by atoms with Crippen molar-refractivity contribution in [3.8, 4) is 16.3 Å². The molecule has 55 heavy (non-hydrogen) atoms. The zero-order chi connectivity index (χ0) is 38.8. The highest BCUT2D eigenvalue weighted by Crippen LogP contribution is 2.64. The van der Waals surface area contributed by atoms with Crippen LogP contribution >= 0.6 is 22.9 Å². The molecule has 2 aliphatic carbocycles. The van der Waals surface area contributed by atoms with E-state index >= 15 is 4.79 Å². The summed E-state index contributed by atoms with van der Waals surface area (Å²) in [4.78, 5) is 61.7. The minimum Gasteiger partial charge on any atom is -0.508 e. The van der Waals surface area contributed by atoms with E-state index in [1.165, 1.54) is 17.0 Å². The number of rotatable bonds is 5. The lowest BCUT2D eigenvalue weighted by molar-refractivity contribution is -0.131. The fourth-order valence-electron chi connectivity index (χ4n) is 9.77. The first-order valence-corrected chi connectivity index (χ1v) is 19.3. The van der Waals surface area contributed by atoms with Crippen LogP contribution in [0.25, 0.3) is 20.7 Å². The van der Waals surface area contributed by atoms with Crippen LogP contribution in [0, 0.1) is 42.9 Å². The summed E-state index contributed by atoms with van der Waals surface area (Å²) in [6.45, 7) is 5.59. The van der Waals surface area contributed by atoms with Crippen LogP contribution < -0.4 is 15.3 Å². The smallest absolute Gasteiger partial charge is 0.488 e. The first-order valence-electron chi connectivity index (χ1n) is 18.2. The van der Waals surface area contributed by atoms with E-state index in [1.807, 2.05) is 44.2 Å². The van der Waals surface area contributed by atoms with Gasteiger partial charge < -0.3 is 15.2 Å². The normalized spacial score (nSPS) is 26.1. The Bertz CT molecular complexity index is 2560. The van der Waals surface area contributed by atoms with Crippen molar-refractivity contribution in [1.29, 1.82) is 0 Å². The lowest BCUT2D eigenvalue weighted by Gasteiger charge is -2.49. The first-order chi connectivity index (χ1) is 26.2. The van der Waals surface area contributed by atoms with Crippen LogP contribution in [-0.2, 0) is 26.2 Å². The van der Waals surface area contributed by atoms with Gasteiger partial charge in [0.05, 0.1) is 33.7 Å². The SMILES string of the molecule is Cc1cc([C@H]2C3=CC[C@@H]4C(=O)N(c5cccc(B(O)O)c5)C(=O)[C@@H]4[C@@H]3C[C@H]3C(=O)N(c4cc(-c5sc6ccc(Cl)cc6c5C)nn4C)C(=O)[C@@]23C)ccc1O. The quantitative estimate of drug-likeness (QED) is 0.122. The predicted molar refractivity (Wildman–Crippen MR) is 210 cm³/mol. The average Bonchev–Trinajstić information content (AvgIpc) is 3.83. The number of carbonyl (C=O) groups excluding carboxylic acids is 4. The lowest BCUT2D eigenvalue weighted by Crippen LogP contribution is -2.49. The number of carbonyl (C=O) groups is 4. The molecule has 5 aromatic rings. The number of nitrogens with zero attached hydrogens (tertiary/aromatic N) is 4. The van der Waals surface area contributed by atoms with Crippen molar-refractivity contribution in [2.24, 2.45) is 36.1 Å². The Morgan fingerprint density at radius 3 is 2.45 bits per heavy atom. The number of phenols is 1. The van der Waals surface area contributed by atoms with Crippen LogP contribution in [0.4, 0.5) is 11.5 Å². The number of aryl methyl sites for hydroxylation is 3. The monoisotopic (exact) mass is 774 g/mol. The molecule has 6 atom stereocenters. The van der Waals surface area contributed by atoms with Crippen molar-refractivity contribution >= 4 is 80.7 Å². The Balaban J connectivity index is 1.14. The van der Waals surface area contributed by atoms with Gasteiger partial charge in [0.15, 0.2) is 0 Å². The van der Waals surface area contributed by atoms with E-state index in [4.69, 9.17) is 16.7 Å². The Labute approximate surface area is 325 Å². The van der Waals surface area contributed by atoms with Gasteiger partial charge in [0.1, 0.15) is 17.3 Å². The third-order valence-electron chi connectivity index (χ3n) is 12.5. The highest BCUT2D eigenvalue weighted by molar-refractivity contribution is 7.22. The number of hydrogen-bond acceptors (Lipinski definition) is 9. The van der Waals surface area contributed by atoms with Crippen molar-refractivity contribution in [2.45, 2.75) is 39.5 Å². The van der Waals surface area contributed by atoms with Gasteiger partial charge in [-0.2, -0.15) is 5.10 Å². The van der Waals surface area contributed by atoms with Gasteiger partial charge in [-0.15, -0.1) is 11.3 Å². The van der Waals surface area contributed by atoms with Crippen LogP contribution in [0.1, 0.15) is 42.4 Å². The topological polar surface area (TPSA) is 153 Å². The molecule has 0 radical (unpaired) electrons. The highest BCUT2D eigenvalue weighted by atomic mass is 35.5. The zero-order valence-corrected chi connectivity index (χ0v) is 31.9. The van der Waals surface area contributed by atoms with Gasteiger partial charge in [0, 0.05) is 28.8 Å². The van der Waals surface area contributed by atoms with Gasteiger partial charge in [0.2, 0.25) is 23.6 Å². The fourth-order valence-corrected chi connectivity index (χ4v) is 11.1. The number of halogens is 1. The predicted octanol–water partition coefficient (Wildman–Crippen LogP) is 5.39. The number of anilines is 2. The number of phenolic OH excluding ortho intramolecular Hbond substituents is 1. The summed E-state index contributed by atoms with van der Waals surface area (Å²) in [5.74, 6) is -4.72. The standard InChI is InChI=1S/C41H36BClN4O7S/c1-19-14-21(8-12-31(19)48)35-25-10-11-26-34(39(51)46(37(26)49)24-7-5-6-22(15-24)42(53)54)28(25)17-29-38(50)47(40(52)41(29,35)3)33-18-30(44-45(33)4)36-20(2)27-16-23(43)9-13-32(27)55-36/h5-10,12-16,18,26,28-29,34-35,48,53-54H,11,17H2,1-4H3/t26-,28+,29-,34-,35-,41+/m0/s1. The van der Waals surface area contributed by atoms with E-state index in [9.17, 15) is 29.5 Å². The largest absolute Gasteiger partial charge is 0.508 e. The molecular formula is C41H36BClN4O7S. The number of imide groups is 2. The number of thiophene rings is 1. The molecule has 278 valence electrons. The van der Waals surface area contributed by atoms with Crippen molar-refractivity contribution in [3.05, 3.63) is 100 Å². The van der Waals surface area contributed by atoms with Gasteiger partial charge in [-0.05, 0) is 103 Å². The van der Waals surface area contributed by atoms with Crippen LogP contribution in [0.2, 0.25) is 5.02 Å². The summed E-state index contributed by atoms with van der Waals surface area (Å²) < 4.78 is 2.59. The van der Waals surface area contributed by atoms with Gasteiger partial charge in [-0.3, -0.25) is 28.8 Å². The molecule has 14 heteroatoms. The van der Waals surface area contributed by atoms with E-state index < -0.39 is 59.8 Å². The number of hydrogen-bond donors (Lipinski definition) is 3. The molecule has 2 aliphatic heterocycles. The summed E-state index contributed by atoms with van der Waals surface area (Å²) in [5.41, 5.74) is 2.86. The van der Waals surface area contributed by atoms with Crippen molar-refractivity contribution in [1.82, 2.24) is 9.78 Å². The van der Waals surface area contributed by atoms with Crippen molar-refractivity contribution in [2.75, 3.05) is 9.80 Å². The van der Waals surface area contributed by atoms with Gasteiger partial charge in [0.25, 0.3) is 0 Å². The Morgan fingerprint density at radius 2 is 1.71 bits per heavy atom. The number of amides is 4. The molecule has 3 N–H and O–H groups in total. The van der Waals surface area contributed by atoms with Crippen LogP contribution in [0.3, 0.4) is 0 Å². The summed E-state index contributed by atoms with van der Waals surface area (Å²) >= 11 is 7.87. The molecule has 11 nitrogen and oxygen atoms in total. The highest BCUT2D eigenvalue weighted by Gasteiger charge is 2.68. The van der Waals surface area contributed by atoms with E-state index in [-0.39, 0.29) is 35.6 Å². The maximum absolute atomic E-state index is 15.1. The molecule has 1 saturated carbocycles. The molecule has 3 fully saturated rings. The molecule has 0 spiro atoms. The van der Waals surface area contributed by atoms with Crippen LogP contribution in [0.5, 0.6) is 5.75 Å². The molecule has 0 unspecified atom stereocenters. The van der Waals surface area contributed by atoms with Crippen molar-refractivity contribution in [3.63, 3.8) is 0 Å². The maximum Gasteiger partial charge on any atom is 0.488 e. The van der Waals surface area contributed by atoms with Crippen LogP contribution in [-0.4, -0.2) is 55.7 Å². The van der Waals surface area contributed by atoms with E-state index in [1.54, 1.807) is 60.3 Å². The van der Waals surface area contributed by atoms with Crippen LogP contribution in [0.15, 0.2) is 78.4 Å². The molecule has 4 heterocycles. The number of allylic oxidation sites excluding steroid dienone is 2.